The minimum atomic E-state index is -0.121. The van der Waals surface area contributed by atoms with Gasteiger partial charge in [0.05, 0.1) is 0 Å². The van der Waals surface area contributed by atoms with Gasteiger partial charge in [0.1, 0.15) is 5.82 Å². The van der Waals surface area contributed by atoms with Gasteiger partial charge in [-0.1, -0.05) is 12.1 Å². The molecule has 0 heterocycles. The Balaban J connectivity index is 1.48. The molecule has 0 unspecified atom stereocenters. The summed E-state index contributed by atoms with van der Waals surface area (Å²) in [6.07, 6.45) is 8.49. The largest absolute Gasteiger partial charge is 0.307 e. The molecule has 4 aliphatic carbocycles. The molecule has 19 heavy (non-hydrogen) atoms. The van der Waals surface area contributed by atoms with Crippen LogP contribution in [-0.2, 0) is 6.54 Å². The lowest BCUT2D eigenvalue weighted by Gasteiger charge is -2.57. The molecule has 1 nitrogen and oxygen atoms in total. The Labute approximate surface area is 114 Å². The first-order chi connectivity index (χ1) is 9.21. The lowest BCUT2D eigenvalue weighted by molar-refractivity contribution is -0.0206. The molecule has 0 saturated heterocycles. The molecule has 0 radical (unpaired) electrons. The van der Waals surface area contributed by atoms with E-state index in [2.05, 4.69) is 5.32 Å². The van der Waals surface area contributed by atoms with Crippen LogP contribution in [0.3, 0.4) is 0 Å². The van der Waals surface area contributed by atoms with E-state index >= 15 is 0 Å². The van der Waals surface area contributed by atoms with E-state index in [1.54, 1.807) is 6.07 Å². The van der Waals surface area contributed by atoms with Crippen molar-refractivity contribution in [3.63, 3.8) is 0 Å². The van der Waals surface area contributed by atoms with Gasteiger partial charge in [-0.3, -0.25) is 0 Å². The van der Waals surface area contributed by atoms with Crippen molar-refractivity contribution in [2.24, 2.45) is 17.8 Å². The van der Waals surface area contributed by atoms with Gasteiger partial charge in [0, 0.05) is 12.1 Å². The second kappa shape index (κ2) is 4.31. The van der Waals surface area contributed by atoms with Crippen LogP contribution >= 0.6 is 0 Å². The Hall–Kier alpha value is -0.890. The van der Waals surface area contributed by atoms with Gasteiger partial charge in [0.25, 0.3) is 0 Å². The zero-order valence-electron chi connectivity index (χ0n) is 11.4. The van der Waals surface area contributed by atoms with Crippen molar-refractivity contribution in [2.45, 2.75) is 50.6 Å². The Kier molecular flexibility index (Phi) is 2.70. The number of nitrogens with one attached hydrogen (secondary N) is 1. The molecule has 1 N–H and O–H groups in total. The number of hydrogen-bond donors (Lipinski definition) is 1. The van der Waals surface area contributed by atoms with E-state index in [-0.39, 0.29) is 5.82 Å². The maximum Gasteiger partial charge on any atom is 0.123 e. The molecule has 4 aliphatic rings. The fourth-order valence-corrected chi connectivity index (χ4v) is 5.26. The molecule has 0 spiro atoms. The number of halogens is 1. The summed E-state index contributed by atoms with van der Waals surface area (Å²) in [5.41, 5.74) is 1.46. The highest BCUT2D eigenvalue weighted by Gasteiger charge is 2.50. The molecule has 0 amide bonds. The minimum absolute atomic E-state index is 0.121. The van der Waals surface area contributed by atoms with Crippen molar-refractivity contribution < 1.29 is 4.39 Å². The Morgan fingerprint density at radius 1 is 1.05 bits per heavy atom. The summed E-state index contributed by atoms with van der Waals surface area (Å²) in [4.78, 5) is 0. The summed E-state index contributed by atoms with van der Waals surface area (Å²) >= 11 is 0. The van der Waals surface area contributed by atoms with Gasteiger partial charge in [0.2, 0.25) is 0 Å². The van der Waals surface area contributed by atoms with Crippen molar-refractivity contribution in [3.8, 4) is 0 Å². The van der Waals surface area contributed by atoms with Crippen molar-refractivity contribution in [2.75, 3.05) is 0 Å². The van der Waals surface area contributed by atoms with Crippen LogP contribution < -0.4 is 5.32 Å². The molecule has 0 aromatic heterocycles. The quantitative estimate of drug-likeness (QED) is 0.868. The van der Waals surface area contributed by atoms with Crippen LogP contribution in [0.25, 0.3) is 0 Å². The van der Waals surface area contributed by atoms with E-state index in [9.17, 15) is 4.39 Å². The highest BCUT2D eigenvalue weighted by molar-refractivity contribution is 5.17. The average molecular weight is 259 g/mol. The molecule has 2 heteroatoms. The van der Waals surface area contributed by atoms with Crippen LogP contribution in [0.4, 0.5) is 4.39 Å². The van der Waals surface area contributed by atoms with Crippen LogP contribution in [0.5, 0.6) is 0 Å². The number of benzene rings is 1. The van der Waals surface area contributed by atoms with Gasteiger partial charge in [-0.2, -0.15) is 0 Å². The molecule has 102 valence electrons. The van der Waals surface area contributed by atoms with E-state index in [1.165, 1.54) is 44.6 Å². The predicted molar refractivity (Wildman–Crippen MR) is 74.1 cm³/mol. The molecular weight excluding hydrogens is 237 g/mol. The van der Waals surface area contributed by atoms with E-state index < -0.39 is 0 Å². The second-order valence-corrected chi connectivity index (χ2v) is 7.18. The first-order valence-corrected chi connectivity index (χ1v) is 7.70. The summed E-state index contributed by atoms with van der Waals surface area (Å²) in [5.74, 6) is 2.77. The average Bonchev–Trinajstić information content (AvgIpc) is 2.35. The maximum atomic E-state index is 13.2. The topological polar surface area (TPSA) is 12.0 Å². The Morgan fingerprint density at radius 3 is 2.26 bits per heavy atom. The second-order valence-electron chi connectivity index (χ2n) is 7.18. The third kappa shape index (κ3) is 2.20. The first-order valence-electron chi connectivity index (χ1n) is 7.70. The van der Waals surface area contributed by atoms with E-state index in [0.29, 0.717) is 5.54 Å². The SMILES string of the molecule is Fc1cccc(CNC23CC4CC(CC(C4)C2)C3)c1. The van der Waals surface area contributed by atoms with Gasteiger partial charge in [0.15, 0.2) is 0 Å². The summed E-state index contributed by atoms with van der Waals surface area (Å²) in [7, 11) is 0. The smallest absolute Gasteiger partial charge is 0.123 e. The molecule has 5 rings (SSSR count). The molecule has 1 aromatic rings. The minimum Gasteiger partial charge on any atom is -0.307 e. The van der Waals surface area contributed by atoms with Crippen LogP contribution in [0, 0.1) is 23.6 Å². The molecule has 1 aromatic carbocycles. The monoisotopic (exact) mass is 259 g/mol. The maximum absolute atomic E-state index is 13.2. The zero-order valence-corrected chi connectivity index (χ0v) is 11.4. The number of rotatable bonds is 3. The van der Waals surface area contributed by atoms with E-state index in [0.717, 1.165) is 29.9 Å². The van der Waals surface area contributed by atoms with Gasteiger partial charge in [-0.15, -0.1) is 0 Å². The lowest BCUT2D eigenvalue weighted by atomic mass is 9.53. The molecule has 4 saturated carbocycles. The number of hydrogen-bond acceptors (Lipinski definition) is 1. The zero-order chi connectivity index (χ0) is 12.9. The first kappa shape index (κ1) is 11.9. The van der Waals surface area contributed by atoms with Crippen LogP contribution in [0.2, 0.25) is 0 Å². The normalized spacial score (nSPS) is 39.7. The van der Waals surface area contributed by atoms with Gasteiger partial charge in [-0.05, 0) is 74.0 Å². The fourth-order valence-electron chi connectivity index (χ4n) is 5.26. The van der Waals surface area contributed by atoms with Crippen molar-refractivity contribution >= 4 is 0 Å². The highest BCUT2D eigenvalue weighted by Crippen LogP contribution is 2.55. The summed E-state index contributed by atoms with van der Waals surface area (Å²) in [6.45, 7) is 0.823. The van der Waals surface area contributed by atoms with E-state index in [1.807, 2.05) is 12.1 Å². The van der Waals surface area contributed by atoms with Crippen LogP contribution in [0.1, 0.15) is 44.1 Å². The third-order valence-electron chi connectivity index (χ3n) is 5.59. The van der Waals surface area contributed by atoms with E-state index in [4.69, 9.17) is 0 Å². The summed E-state index contributed by atoms with van der Waals surface area (Å²) in [6, 6.07) is 7.02. The Bertz CT molecular complexity index is 447. The highest BCUT2D eigenvalue weighted by atomic mass is 19.1. The van der Waals surface area contributed by atoms with Crippen molar-refractivity contribution in [1.29, 1.82) is 0 Å². The molecule has 4 bridgehead atoms. The lowest BCUT2D eigenvalue weighted by Crippen LogP contribution is -2.58. The third-order valence-corrected chi connectivity index (χ3v) is 5.59. The van der Waals surface area contributed by atoms with Gasteiger partial charge in [-0.25, -0.2) is 4.39 Å². The fraction of sp³-hybridized carbons (Fsp3) is 0.647. The van der Waals surface area contributed by atoms with Crippen molar-refractivity contribution in [1.82, 2.24) is 5.32 Å². The molecular formula is C17H22FN. The predicted octanol–water partition coefficient (Wildman–Crippen LogP) is 3.88. The summed E-state index contributed by atoms with van der Waals surface area (Å²) < 4.78 is 13.2. The van der Waals surface area contributed by atoms with Crippen LogP contribution in [-0.4, -0.2) is 5.54 Å². The summed E-state index contributed by atoms with van der Waals surface area (Å²) in [5, 5.41) is 3.80. The van der Waals surface area contributed by atoms with Gasteiger partial charge >= 0.3 is 0 Å². The molecule has 0 atom stereocenters. The van der Waals surface area contributed by atoms with Gasteiger partial charge < -0.3 is 5.32 Å². The Morgan fingerprint density at radius 2 is 1.68 bits per heavy atom. The standard InChI is InChI=1S/C17H22FN/c18-16-3-1-2-12(7-16)11-19-17-8-13-4-14(9-17)6-15(5-13)10-17/h1-3,7,13-15,19H,4-6,8-11H2. The molecule has 4 fully saturated rings. The van der Waals surface area contributed by atoms with Crippen LogP contribution in [0.15, 0.2) is 24.3 Å². The van der Waals surface area contributed by atoms with Crippen molar-refractivity contribution in [3.05, 3.63) is 35.6 Å². The molecule has 0 aliphatic heterocycles.